The molecule has 26 heavy (non-hydrogen) atoms. The first-order valence-corrected chi connectivity index (χ1v) is 10.1. The van der Waals surface area contributed by atoms with Crippen molar-refractivity contribution in [1.29, 1.82) is 0 Å². The van der Waals surface area contributed by atoms with E-state index in [9.17, 15) is 0 Å². The van der Waals surface area contributed by atoms with Crippen LogP contribution in [0.5, 0.6) is 5.75 Å². The molecule has 3 aromatic rings. The Morgan fingerprint density at radius 2 is 1.54 bits per heavy atom. The number of halogens is 2. The second-order valence-electron chi connectivity index (χ2n) is 6.26. The molecule has 134 valence electrons. The van der Waals surface area contributed by atoms with Crippen LogP contribution in [0.4, 0.5) is 5.69 Å². The molecule has 3 aromatic carbocycles. The molecule has 0 heterocycles. The molecule has 0 saturated heterocycles. The molecule has 0 aliphatic heterocycles. The zero-order valence-electron chi connectivity index (χ0n) is 14.9. The van der Waals surface area contributed by atoms with Crippen molar-refractivity contribution in [2.24, 2.45) is 0 Å². The van der Waals surface area contributed by atoms with Crippen LogP contribution in [0, 0.1) is 13.8 Å². The van der Waals surface area contributed by atoms with Gasteiger partial charge in [-0.25, -0.2) is 0 Å². The zero-order chi connectivity index (χ0) is 18.5. The Balaban J connectivity index is 1.69. The molecule has 2 nitrogen and oxygen atoms in total. The fraction of sp³-hybridized carbons (Fsp3) is 0.182. The molecule has 0 aliphatic carbocycles. The monoisotopic (exact) mass is 473 g/mol. The lowest BCUT2D eigenvalue weighted by Crippen LogP contribution is -2.03. The minimum Gasteiger partial charge on any atom is -0.487 e. The Morgan fingerprint density at radius 3 is 2.23 bits per heavy atom. The highest BCUT2D eigenvalue weighted by Crippen LogP contribution is 2.35. The Hall–Kier alpha value is -1.78. The second kappa shape index (κ2) is 8.74. The summed E-state index contributed by atoms with van der Waals surface area (Å²) >= 11 is 7.28. The molecule has 3 rings (SSSR count). The third-order valence-corrected chi connectivity index (χ3v) is 5.55. The van der Waals surface area contributed by atoms with Crippen molar-refractivity contribution in [1.82, 2.24) is 0 Å². The third kappa shape index (κ3) is 4.68. The number of benzene rings is 3. The molecule has 0 fully saturated rings. The van der Waals surface area contributed by atoms with E-state index in [2.05, 4.69) is 93.5 Å². The average Bonchev–Trinajstić information content (AvgIpc) is 2.63. The maximum absolute atomic E-state index is 5.99. The average molecular weight is 475 g/mol. The lowest BCUT2D eigenvalue weighted by molar-refractivity contribution is 0.302. The van der Waals surface area contributed by atoms with Gasteiger partial charge in [-0.2, -0.15) is 0 Å². The Kier molecular flexibility index (Phi) is 6.38. The lowest BCUT2D eigenvalue weighted by Gasteiger charge is -2.14. The van der Waals surface area contributed by atoms with Crippen molar-refractivity contribution in [2.75, 3.05) is 5.32 Å². The summed E-state index contributed by atoms with van der Waals surface area (Å²) in [7, 11) is 0. The largest absolute Gasteiger partial charge is 0.487 e. The van der Waals surface area contributed by atoms with E-state index in [-0.39, 0.29) is 0 Å². The van der Waals surface area contributed by atoms with Gasteiger partial charge in [0.25, 0.3) is 0 Å². The van der Waals surface area contributed by atoms with Crippen LogP contribution in [0.1, 0.15) is 22.3 Å². The molecule has 0 saturated carbocycles. The maximum atomic E-state index is 5.99. The van der Waals surface area contributed by atoms with Gasteiger partial charge in [0.05, 0.1) is 8.95 Å². The molecular formula is C22H21Br2NO. The van der Waals surface area contributed by atoms with Crippen molar-refractivity contribution in [3.8, 4) is 5.75 Å². The summed E-state index contributed by atoms with van der Waals surface area (Å²) in [6.07, 6.45) is 0. The quantitative estimate of drug-likeness (QED) is 0.414. The lowest BCUT2D eigenvalue weighted by atomic mass is 10.1. The molecule has 4 heteroatoms. The fourth-order valence-corrected chi connectivity index (χ4v) is 4.23. The summed E-state index contributed by atoms with van der Waals surface area (Å²) in [6, 6.07) is 20.7. The first-order valence-electron chi connectivity index (χ1n) is 8.49. The van der Waals surface area contributed by atoms with Gasteiger partial charge in [0.15, 0.2) is 0 Å². The van der Waals surface area contributed by atoms with Crippen LogP contribution in [0.25, 0.3) is 0 Å². The molecule has 0 radical (unpaired) electrons. The summed E-state index contributed by atoms with van der Waals surface area (Å²) in [5, 5.41) is 3.52. The van der Waals surface area contributed by atoms with E-state index in [1.807, 2.05) is 18.2 Å². The van der Waals surface area contributed by atoms with Crippen LogP contribution in [0.3, 0.4) is 0 Å². The highest BCUT2D eigenvalue weighted by atomic mass is 79.9. The number of rotatable bonds is 6. The minimum absolute atomic E-state index is 0.540. The predicted molar refractivity (Wildman–Crippen MR) is 116 cm³/mol. The molecule has 0 aliphatic rings. The summed E-state index contributed by atoms with van der Waals surface area (Å²) < 4.78 is 7.88. The summed E-state index contributed by atoms with van der Waals surface area (Å²) in [5.74, 6) is 0.823. The number of ether oxygens (including phenoxy) is 1. The van der Waals surface area contributed by atoms with Gasteiger partial charge in [-0.05, 0) is 86.2 Å². The highest BCUT2D eigenvalue weighted by molar-refractivity contribution is 9.11. The number of hydrogen-bond acceptors (Lipinski definition) is 2. The van der Waals surface area contributed by atoms with Crippen molar-refractivity contribution in [2.45, 2.75) is 27.0 Å². The van der Waals surface area contributed by atoms with Gasteiger partial charge in [0.1, 0.15) is 12.4 Å². The van der Waals surface area contributed by atoms with Gasteiger partial charge in [-0.15, -0.1) is 0 Å². The van der Waals surface area contributed by atoms with E-state index in [0.717, 1.165) is 26.8 Å². The minimum atomic E-state index is 0.540. The van der Waals surface area contributed by atoms with Crippen LogP contribution in [0.15, 0.2) is 69.6 Å². The number of hydrogen-bond donors (Lipinski definition) is 1. The molecule has 0 spiro atoms. The van der Waals surface area contributed by atoms with Gasteiger partial charge < -0.3 is 10.1 Å². The topological polar surface area (TPSA) is 21.3 Å². The summed E-state index contributed by atoms with van der Waals surface area (Å²) in [5.41, 5.74) is 6.07. The first-order chi connectivity index (χ1) is 12.5. The van der Waals surface area contributed by atoms with Crippen molar-refractivity contribution in [3.05, 3.63) is 91.9 Å². The summed E-state index contributed by atoms with van der Waals surface area (Å²) in [6.45, 7) is 5.56. The number of nitrogens with one attached hydrogen (secondary N) is 1. The van der Waals surface area contributed by atoms with Crippen LogP contribution in [-0.4, -0.2) is 0 Å². The Labute approximate surface area is 171 Å². The zero-order valence-corrected chi connectivity index (χ0v) is 18.0. The van der Waals surface area contributed by atoms with E-state index in [4.69, 9.17) is 4.74 Å². The molecular weight excluding hydrogens is 454 g/mol. The van der Waals surface area contributed by atoms with Crippen molar-refractivity contribution >= 4 is 37.5 Å². The Morgan fingerprint density at radius 1 is 0.846 bits per heavy atom. The normalized spacial score (nSPS) is 10.6. The standard InChI is InChI=1S/C22H21Br2NO/c1-15-7-6-10-21(16(15)2)25-13-18-11-19(23)22(20(24)12-18)26-14-17-8-4-3-5-9-17/h3-12,25H,13-14H2,1-2H3. The second-order valence-corrected chi connectivity index (χ2v) is 7.97. The molecule has 0 aromatic heterocycles. The van der Waals surface area contributed by atoms with Crippen LogP contribution in [0.2, 0.25) is 0 Å². The van der Waals surface area contributed by atoms with Crippen LogP contribution in [-0.2, 0) is 13.2 Å². The molecule has 0 atom stereocenters. The van der Waals surface area contributed by atoms with Gasteiger partial charge in [-0.3, -0.25) is 0 Å². The van der Waals surface area contributed by atoms with E-state index in [0.29, 0.717) is 6.61 Å². The van der Waals surface area contributed by atoms with E-state index in [1.165, 1.54) is 22.4 Å². The smallest absolute Gasteiger partial charge is 0.148 e. The predicted octanol–water partition coefficient (Wildman–Crippen LogP) is 7.02. The molecule has 1 N–H and O–H groups in total. The maximum Gasteiger partial charge on any atom is 0.148 e. The molecule has 0 amide bonds. The Bertz CT molecular complexity index is 871. The van der Waals surface area contributed by atoms with Crippen LogP contribution < -0.4 is 10.1 Å². The van der Waals surface area contributed by atoms with E-state index < -0.39 is 0 Å². The molecule has 0 bridgehead atoms. The van der Waals surface area contributed by atoms with Gasteiger partial charge in [0, 0.05) is 12.2 Å². The van der Waals surface area contributed by atoms with Crippen molar-refractivity contribution < 1.29 is 4.74 Å². The fourth-order valence-electron chi connectivity index (χ4n) is 2.72. The summed E-state index contributed by atoms with van der Waals surface area (Å²) in [4.78, 5) is 0. The molecule has 0 unspecified atom stereocenters. The highest BCUT2D eigenvalue weighted by Gasteiger charge is 2.10. The SMILES string of the molecule is Cc1cccc(NCc2cc(Br)c(OCc3ccccc3)c(Br)c2)c1C. The van der Waals surface area contributed by atoms with Crippen LogP contribution >= 0.6 is 31.9 Å². The number of aryl methyl sites for hydroxylation is 1. The van der Waals surface area contributed by atoms with Gasteiger partial charge in [-0.1, -0.05) is 42.5 Å². The van der Waals surface area contributed by atoms with Crippen molar-refractivity contribution in [3.63, 3.8) is 0 Å². The third-order valence-electron chi connectivity index (χ3n) is 4.37. The first kappa shape index (κ1) is 19.0. The van der Waals surface area contributed by atoms with Gasteiger partial charge in [0.2, 0.25) is 0 Å². The number of anilines is 1. The van der Waals surface area contributed by atoms with E-state index >= 15 is 0 Å². The van der Waals surface area contributed by atoms with E-state index in [1.54, 1.807) is 0 Å². The van der Waals surface area contributed by atoms with Gasteiger partial charge >= 0.3 is 0 Å².